The van der Waals surface area contributed by atoms with Crippen LogP contribution in [0.2, 0.25) is 0 Å². The molecule has 0 aliphatic rings. The molecule has 0 spiro atoms. The molecule has 0 bridgehead atoms. The second-order valence-electron chi connectivity index (χ2n) is 4.49. The monoisotopic (exact) mass is 227 g/mol. The van der Waals surface area contributed by atoms with Crippen molar-refractivity contribution in [1.82, 2.24) is 0 Å². The first-order valence-corrected chi connectivity index (χ1v) is 5.84. The Morgan fingerprint density at radius 1 is 1.00 bits per heavy atom. The molecule has 0 aliphatic heterocycles. The summed E-state index contributed by atoms with van der Waals surface area (Å²) in [6.07, 6.45) is 0. The van der Waals surface area contributed by atoms with Crippen molar-refractivity contribution in [1.29, 1.82) is 0 Å². The van der Waals surface area contributed by atoms with Crippen LogP contribution in [0.5, 0.6) is 0 Å². The lowest BCUT2D eigenvalue weighted by molar-refractivity contribution is 0.0193. The molecule has 2 aromatic rings. The predicted octanol–water partition coefficient (Wildman–Crippen LogP) is 2.52. The van der Waals surface area contributed by atoms with Gasteiger partial charge in [-0.1, -0.05) is 35.5 Å². The average molecular weight is 227 g/mol. The Hall–Kier alpha value is -1.12. The first-order chi connectivity index (χ1) is 7.53. The Balaban J connectivity index is 2.57. The lowest BCUT2D eigenvalue weighted by atomic mass is 9.95. The summed E-state index contributed by atoms with van der Waals surface area (Å²) < 4.78 is 5.49. The highest BCUT2D eigenvalue weighted by Gasteiger charge is 2.19. The van der Waals surface area contributed by atoms with Crippen molar-refractivity contribution in [3.05, 3.63) is 42.0 Å². The van der Waals surface area contributed by atoms with Crippen LogP contribution in [0, 0.1) is 0 Å². The van der Waals surface area contributed by atoms with Gasteiger partial charge in [-0.25, -0.2) is 0 Å². The van der Waals surface area contributed by atoms with E-state index in [2.05, 4.69) is 60.5 Å². The molecule has 1 nitrogen and oxygen atoms in total. The molecular formula is C14H15OSi. The number of methoxy groups -OCH3 is 1. The van der Waals surface area contributed by atoms with Crippen LogP contribution in [0.25, 0.3) is 10.8 Å². The Morgan fingerprint density at radius 3 is 2.31 bits per heavy atom. The van der Waals surface area contributed by atoms with Crippen LogP contribution >= 0.6 is 0 Å². The van der Waals surface area contributed by atoms with Crippen molar-refractivity contribution in [2.24, 2.45) is 0 Å². The normalized spacial score (nSPS) is 12.0. The minimum atomic E-state index is -0.235. The quantitative estimate of drug-likeness (QED) is 0.716. The molecule has 16 heavy (non-hydrogen) atoms. The van der Waals surface area contributed by atoms with Gasteiger partial charge in [0, 0.05) is 7.11 Å². The molecule has 0 aliphatic carbocycles. The van der Waals surface area contributed by atoms with E-state index in [0.717, 1.165) is 5.19 Å². The van der Waals surface area contributed by atoms with Crippen molar-refractivity contribution in [3.8, 4) is 0 Å². The predicted molar refractivity (Wildman–Crippen MR) is 69.4 cm³/mol. The Kier molecular flexibility index (Phi) is 2.87. The van der Waals surface area contributed by atoms with Crippen molar-refractivity contribution in [2.45, 2.75) is 19.4 Å². The minimum absolute atomic E-state index is 0.235. The van der Waals surface area contributed by atoms with Gasteiger partial charge in [-0.15, -0.1) is 0 Å². The van der Waals surface area contributed by atoms with Gasteiger partial charge in [0.15, 0.2) is 0 Å². The summed E-state index contributed by atoms with van der Waals surface area (Å²) >= 11 is 0. The molecule has 0 fully saturated rings. The van der Waals surface area contributed by atoms with Gasteiger partial charge < -0.3 is 4.74 Å². The largest absolute Gasteiger partial charge is 0.374 e. The molecule has 0 saturated carbocycles. The molecule has 2 rings (SSSR count). The number of fused-ring (bicyclic) bond motifs is 1. The first-order valence-electron chi connectivity index (χ1n) is 5.34. The van der Waals surface area contributed by atoms with E-state index in [-0.39, 0.29) is 5.60 Å². The molecular weight excluding hydrogens is 212 g/mol. The second kappa shape index (κ2) is 4.04. The van der Waals surface area contributed by atoms with Crippen LogP contribution in [-0.4, -0.2) is 17.4 Å². The van der Waals surface area contributed by atoms with Gasteiger partial charge >= 0.3 is 0 Å². The van der Waals surface area contributed by atoms with E-state index < -0.39 is 0 Å². The third-order valence-corrected chi connectivity index (χ3v) is 3.36. The van der Waals surface area contributed by atoms with Crippen LogP contribution in [0.3, 0.4) is 0 Å². The number of hydrogen-bond donors (Lipinski definition) is 0. The molecule has 0 atom stereocenters. The molecule has 3 radical (unpaired) electrons. The molecule has 2 heteroatoms. The van der Waals surface area contributed by atoms with Crippen molar-refractivity contribution in [2.75, 3.05) is 7.11 Å². The standard InChI is InChI=1S/C14H15OSi/c1-14(2,15-3)12-6-4-11-9-13(16)7-5-10(11)8-12/h4-9H,1-3H3. The fourth-order valence-electron chi connectivity index (χ4n) is 1.74. The lowest BCUT2D eigenvalue weighted by Gasteiger charge is -2.23. The van der Waals surface area contributed by atoms with Gasteiger partial charge in [-0.05, 0) is 36.2 Å². The SMILES string of the molecule is COC(C)(C)c1ccc2cc([Si])ccc2c1. The summed E-state index contributed by atoms with van der Waals surface area (Å²) in [6.45, 7) is 4.15. The maximum atomic E-state index is 5.49. The van der Waals surface area contributed by atoms with Gasteiger partial charge in [0.1, 0.15) is 0 Å². The van der Waals surface area contributed by atoms with Gasteiger partial charge in [0.25, 0.3) is 0 Å². The fourth-order valence-corrected chi connectivity index (χ4v) is 1.98. The molecule has 0 saturated heterocycles. The van der Waals surface area contributed by atoms with E-state index in [4.69, 9.17) is 4.74 Å². The highest BCUT2D eigenvalue weighted by atomic mass is 28.1. The Morgan fingerprint density at radius 2 is 1.62 bits per heavy atom. The molecule has 0 amide bonds. The highest BCUT2D eigenvalue weighted by molar-refractivity contribution is 6.33. The summed E-state index contributed by atoms with van der Waals surface area (Å²) in [7, 11) is 5.27. The molecule has 0 aromatic heterocycles. The summed E-state index contributed by atoms with van der Waals surface area (Å²) in [5.41, 5.74) is 0.963. The van der Waals surface area contributed by atoms with Crippen LogP contribution < -0.4 is 5.19 Å². The highest BCUT2D eigenvalue weighted by Crippen LogP contribution is 2.26. The van der Waals surface area contributed by atoms with Gasteiger partial charge in [-0.3, -0.25) is 0 Å². The topological polar surface area (TPSA) is 9.23 Å². The number of benzene rings is 2. The van der Waals surface area contributed by atoms with Crippen LogP contribution in [0.1, 0.15) is 19.4 Å². The van der Waals surface area contributed by atoms with Crippen molar-refractivity contribution >= 4 is 26.2 Å². The van der Waals surface area contributed by atoms with E-state index >= 15 is 0 Å². The molecule has 0 unspecified atom stereocenters. The van der Waals surface area contributed by atoms with Crippen molar-refractivity contribution in [3.63, 3.8) is 0 Å². The van der Waals surface area contributed by atoms with E-state index in [1.165, 1.54) is 16.3 Å². The number of ether oxygens (including phenoxy) is 1. The smallest absolute Gasteiger partial charge is 0.0871 e. The maximum absolute atomic E-state index is 5.49. The zero-order chi connectivity index (χ0) is 11.8. The third-order valence-electron chi connectivity index (χ3n) is 3.05. The maximum Gasteiger partial charge on any atom is 0.0871 e. The molecule has 0 heterocycles. The molecule has 81 valence electrons. The Bertz CT molecular complexity index is 517. The summed E-state index contributed by atoms with van der Waals surface area (Å²) in [4.78, 5) is 0. The van der Waals surface area contributed by atoms with Gasteiger partial charge in [0.2, 0.25) is 0 Å². The second-order valence-corrected chi connectivity index (χ2v) is 5.07. The Labute approximate surface area is 99.9 Å². The van der Waals surface area contributed by atoms with E-state index in [1.54, 1.807) is 7.11 Å². The fraction of sp³-hybridized carbons (Fsp3) is 0.286. The van der Waals surface area contributed by atoms with Crippen LogP contribution in [0.4, 0.5) is 0 Å². The molecule has 0 N–H and O–H groups in total. The average Bonchev–Trinajstić information content (AvgIpc) is 2.28. The first kappa shape index (κ1) is 11.4. The summed E-state index contributed by atoms with van der Waals surface area (Å²) in [5.74, 6) is 0. The number of rotatable bonds is 2. The third kappa shape index (κ3) is 2.03. The zero-order valence-corrected chi connectivity index (χ0v) is 10.9. The number of hydrogen-bond acceptors (Lipinski definition) is 1. The van der Waals surface area contributed by atoms with E-state index in [0.29, 0.717) is 0 Å². The van der Waals surface area contributed by atoms with Crippen LogP contribution in [0.15, 0.2) is 36.4 Å². The van der Waals surface area contributed by atoms with E-state index in [1.807, 2.05) is 0 Å². The lowest BCUT2D eigenvalue weighted by Crippen LogP contribution is -2.19. The minimum Gasteiger partial charge on any atom is -0.374 e. The van der Waals surface area contributed by atoms with Gasteiger partial charge in [-0.2, -0.15) is 0 Å². The van der Waals surface area contributed by atoms with Crippen LogP contribution in [-0.2, 0) is 10.3 Å². The summed E-state index contributed by atoms with van der Waals surface area (Å²) in [5, 5.41) is 3.58. The zero-order valence-electron chi connectivity index (χ0n) is 9.87. The van der Waals surface area contributed by atoms with E-state index in [9.17, 15) is 0 Å². The van der Waals surface area contributed by atoms with Crippen molar-refractivity contribution < 1.29 is 4.74 Å². The molecule has 2 aromatic carbocycles. The van der Waals surface area contributed by atoms with Gasteiger partial charge in [0.05, 0.1) is 15.8 Å². The summed E-state index contributed by atoms with van der Waals surface area (Å²) in [6, 6.07) is 12.7.